The van der Waals surface area contributed by atoms with Crippen LogP contribution in [0, 0.1) is 6.92 Å². The second kappa shape index (κ2) is 7.90. The zero-order chi connectivity index (χ0) is 18.7. The summed E-state index contributed by atoms with van der Waals surface area (Å²) >= 11 is 3.41. The van der Waals surface area contributed by atoms with E-state index in [0.29, 0.717) is 37.5 Å². The first-order valence-corrected chi connectivity index (χ1v) is 10.7. The summed E-state index contributed by atoms with van der Waals surface area (Å²) in [5, 5.41) is 0. The summed E-state index contributed by atoms with van der Waals surface area (Å²) in [6, 6.07) is 14.5. The molecule has 0 aromatic heterocycles. The molecule has 0 atom stereocenters. The average molecular weight is 437 g/mol. The summed E-state index contributed by atoms with van der Waals surface area (Å²) in [6.07, 6.45) is 0.324. The maximum absolute atomic E-state index is 12.7. The molecule has 3 rings (SSSR count). The number of piperazine rings is 1. The van der Waals surface area contributed by atoms with E-state index in [1.54, 1.807) is 29.2 Å². The van der Waals surface area contributed by atoms with Crippen LogP contribution >= 0.6 is 15.9 Å². The highest BCUT2D eigenvalue weighted by atomic mass is 79.9. The van der Waals surface area contributed by atoms with Crippen molar-refractivity contribution in [2.24, 2.45) is 0 Å². The maximum atomic E-state index is 12.7. The van der Waals surface area contributed by atoms with Crippen LogP contribution in [0.5, 0.6) is 0 Å². The number of hydrogen-bond donors (Lipinski definition) is 0. The number of benzene rings is 2. The third kappa shape index (κ3) is 4.34. The van der Waals surface area contributed by atoms with Gasteiger partial charge in [0.15, 0.2) is 0 Å². The van der Waals surface area contributed by atoms with Crippen LogP contribution in [0.15, 0.2) is 57.9 Å². The maximum Gasteiger partial charge on any atom is 0.243 e. The van der Waals surface area contributed by atoms with Crippen LogP contribution in [0.25, 0.3) is 0 Å². The van der Waals surface area contributed by atoms with Gasteiger partial charge in [0.05, 0.1) is 11.3 Å². The van der Waals surface area contributed by atoms with Crippen LogP contribution in [0.3, 0.4) is 0 Å². The summed E-state index contributed by atoms with van der Waals surface area (Å²) in [5.41, 5.74) is 1.96. The van der Waals surface area contributed by atoms with Crippen LogP contribution < -0.4 is 0 Å². The molecule has 1 aliphatic heterocycles. The van der Waals surface area contributed by atoms with E-state index in [1.807, 2.05) is 31.2 Å². The molecule has 0 bridgehead atoms. The number of carbonyl (C=O) groups excluding carboxylic acids is 1. The third-order valence-electron chi connectivity index (χ3n) is 4.49. The van der Waals surface area contributed by atoms with E-state index in [-0.39, 0.29) is 5.91 Å². The molecule has 26 heavy (non-hydrogen) atoms. The van der Waals surface area contributed by atoms with Gasteiger partial charge < -0.3 is 4.90 Å². The largest absolute Gasteiger partial charge is 0.340 e. The highest BCUT2D eigenvalue weighted by Gasteiger charge is 2.29. The van der Waals surface area contributed by atoms with Gasteiger partial charge in [-0.3, -0.25) is 4.79 Å². The van der Waals surface area contributed by atoms with Crippen molar-refractivity contribution in [3.63, 3.8) is 0 Å². The fourth-order valence-corrected chi connectivity index (χ4v) is 4.84. The first-order chi connectivity index (χ1) is 12.4. The van der Waals surface area contributed by atoms with Crippen molar-refractivity contribution >= 4 is 31.9 Å². The van der Waals surface area contributed by atoms with Gasteiger partial charge in [-0.25, -0.2) is 8.42 Å². The quantitative estimate of drug-likeness (QED) is 0.740. The molecular formula is C19H21BrN2O3S. The van der Waals surface area contributed by atoms with Gasteiger partial charge in [0.1, 0.15) is 0 Å². The summed E-state index contributed by atoms with van der Waals surface area (Å²) in [6.45, 7) is 3.39. The second-order valence-corrected chi connectivity index (χ2v) is 9.26. The van der Waals surface area contributed by atoms with Crippen molar-refractivity contribution in [2.75, 3.05) is 26.2 Å². The fourth-order valence-electron chi connectivity index (χ4n) is 2.97. The number of aryl methyl sites for hydroxylation is 1. The number of amides is 1. The highest BCUT2D eigenvalue weighted by molar-refractivity contribution is 9.10. The number of rotatable bonds is 4. The summed E-state index contributed by atoms with van der Waals surface area (Å²) in [7, 11) is -3.50. The number of carbonyl (C=O) groups is 1. The highest BCUT2D eigenvalue weighted by Crippen LogP contribution is 2.19. The lowest BCUT2D eigenvalue weighted by molar-refractivity contribution is -0.131. The van der Waals surface area contributed by atoms with Crippen molar-refractivity contribution in [1.82, 2.24) is 9.21 Å². The number of sulfonamides is 1. The van der Waals surface area contributed by atoms with Gasteiger partial charge in [-0.15, -0.1) is 0 Å². The summed E-state index contributed by atoms with van der Waals surface area (Å²) < 4.78 is 27.8. The van der Waals surface area contributed by atoms with Crippen LogP contribution in [-0.4, -0.2) is 49.7 Å². The minimum atomic E-state index is -3.50. The smallest absolute Gasteiger partial charge is 0.243 e. The van der Waals surface area contributed by atoms with Gasteiger partial charge in [0.25, 0.3) is 0 Å². The zero-order valence-corrected chi connectivity index (χ0v) is 17.0. The van der Waals surface area contributed by atoms with Crippen molar-refractivity contribution in [1.29, 1.82) is 0 Å². The lowest BCUT2D eigenvalue weighted by atomic mass is 10.1. The van der Waals surface area contributed by atoms with E-state index < -0.39 is 10.0 Å². The SMILES string of the molecule is Cc1ccc(S(=O)(=O)N2CCN(C(=O)Cc3cccc(Br)c3)CC2)cc1. The predicted octanol–water partition coefficient (Wildman–Crippen LogP) is 2.83. The number of halogens is 1. The molecule has 1 amide bonds. The van der Waals surface area contributed by atoms with Gasteiger partial charge in [0.2, 0.25) is 15.9 Å². The van der Waals surface area contributed by atoms with Crippen LogP contribution in [0.1, 0.15) is 11.1 Å². The molecule has 1 aliphatic rings. The first-order valence-electron chi connectivity index (χ1n) is 8.45. The number of hydrogen-bond acceptors (Lipinski definition) is 3. The van der Waals surface area contributed by atoms with Crippen molar-refractivity contribution in [3.05, 3.63) is 64.1 Å². The van der Waals surface area contributed by atoms with Crippen LogP contribution in [-0.2, 0) is 21.2 Å². The molecule has 2 aromatic carbocycles. The molecular weight excluding hydrogens is 416 g/mol. The van der Waals surface area contributed by atoms with E-state index in [9.17, 15) is 13.2 Å². The summed E-state index contributed by atoms with van der Waals surface area (Å²) in [5.74, 6) is 0.0236. The Morgan fingerprint density at radius 2 is 1.69 bits per heavy atom. The van der Waals surface area contributed by atoms with E-state index in [2.05, 4.69) is 15.9 Å². The van der Waals surface area contributed by atoms with Crippen LogP contribution in [0.2, 0.25) is 0 Å². The Morgan fingerprint density at radius 3 is 2.31 bits per heavy atom. The fraction of sp³-hybridized carbons (Fsp3) is 0.316. The Balaban J connectivity index is 1.61. The second-order valence-electron chi connectivity index (χ2n) is 6.40. The van der Waals surface area contributed by atoms with E-state index >= 15 is 0 Å². The molecule has 0 aliphatic carbocycles. The van der Waals surface area contributed by atoms with E-state index in [4.69, 9.17) is 0 Å². The molecule has 2 aromatic rings. The predicted molar refractivity (Wildman–Crippen MR) is 104 cm³/mol. The molecule has 0 spiro atoms. The molecule has 0 radical (unpaired) electrons. The lowest BCUT2D eigenvalue weighted by Crippen LogP contribution is -2.50. The minimum absolute atomic E-state index is 0.0236. The van der Waals surface area contributed by atoms with Crippen molar-refractivity contribution in [3.8, 4) is 0 Å². The summed E-state index contributed by atoms with van der Waals surface area (Å²) in [4.78, 5) is 14.5. The normalized spacial score (nSPS) is 15.8. The lowest BCUT2D eigenvalue weighted by Gasteiger charge is -2.34. The molecule has 0 saturated carbocycles. The first kappa shape index (κ1) is 19.1. The minimum Gasteiger partial charge on any atom is -0.340 e. The van der Waals surface area contributed by atoms with Gasteiger partial charge in [-0.2, -0.15) is 4.31 Å². The Morgan fingerprint density at radius 1 is 1.04 bits per heavy atom. The Kier molecular flexibility index (Phi) is 5.79. The Hall–Kier alpha value is -1.70. The van der Waals surface area contributed by atoms with Gasteiger partial charge in [-0.1, -0.05) is 45.8 Å². The monoisotopic (exact) mass is 436 g/mol. The van der Waals surface area contributed by atoms with Crippen molar-refractivity contribution in [2.45, 2.75) is 18.2 Å². The molecule has 0 unspecified atom stereocenters. The molecule has 0 N–H and O–H groups in total. The van der Waals surface area contributed by atoms with E-state index in [0.717, 1.165) is 15.6 Å². The van der Waals surface area contributed by atoms with Crippen molar-refractivity contribution < 1.29 is 13.2 Å². The number of nitrogens with zero attached hydrogens (tertiary/aromatic N) is 2. The van der Waals surface area contributed by atoms with Gasteiger partial charge in [-0.05, 0) is 36.8 Å². The molecule has 5 nitrogen and oxygen atoms in total. The van der Waals surface area contributed by atoms with Gasteiger partial charge >= 0.3 is 0 Å². The molecule has 1 saturated heterocycles. The topological polar surface area (TPSA) is 57.7 Å². The molecule has 138 valence electrons. The Bertz CT molecular complexity index is 889. The Labute approximate surface area is 162 Å². The zero-order valence-electron chi connectivity index (χ0n) is 14.6. The third-order valence-corrected chi connectivity index (χ3v) is 6.90. The standard InChI is InChI=1S/C19H21BrN2O3S/c1-15-5-7-18(8-6-15)26(24,25)22-11-9-21(10-12-22)19(23)14-16-3-2-4-17(20)13-16/h2-8,13H,9-12,14H2,1H3. The van der Waals surface area contributed by atoms with Crippen LogP contribution in [0.4, 0.5) is 0 Å². The molecule has 1 fully saturated rings. The molecule has 1 heterocycles. The molecule has 7 heteroatoms. The van der Waals surface area contributed by atoms with E-state index in [1.165, 1.54) is 4.31 Å². The average Bonchev–Trinajstić information content (AvgIpc) is 2.62. The van der Waals surface area contributed by atoms with Gasteiger partial charge in [0, 0.05) is 30.7 Å².